The van der Waals surface area contributed by atoms with Gasteiger partial charge >= 0.3 is 0 Å². The third kappa shape index (κ3) is 2.58. The van der Waals surface area contributed by atoms with Gasteiger partial charge in [0.1, 0.15) is 12.2 Å². The molecule has 0 spiro atoms. The van der Waals surface area contributed by atoms with Crippen molar-refractivity contribution in [3.05, 3.63) is 12.2 Å². The van der Waals surface area contributed by atoms with Crippen LogP contribution in [-0.2, 0) is 0 Å². The van der Waals surface area contributed by atoms with E-state index in [-0.39, 0.29) is 5.38 Å². The average molecular weight is 310 g/mol. The van der Waals surface area contributed by atoms with Crippen molar-refractivity contribution >= 4 is 22.8 Å². The Balaban J connectivity index is 2.12. The monoisotopic (exact) mass is 309 g/mol. The summed E-state index contributed by atoms with van der Waals surface area (Å²) in [6.07, 6.45) is 3.67. The number of aromatic nitrogens is 4. The fraction of sp³-hybridized carbons (Fsp3) is 0.643. The number of imidazole rings is 1. The van der Waals surface area contributed by atoms with Crippen molar-refractivity contribution in [2.45, 2.75) is 31.2 Å². The second-order valence-electron chi connectivity index (χ2n) is 5.55. The molecule has 0 radical (unpaired) electrons. The maximum absolute atomic E-state index is 6.34. The summed E-state index contributed by atoms with van der Waals surface area (Å²) in [6, 6.07) is 0.377. The van der Waals surface area contributed by atoms with Gasteiger partial charge in [-0.1, -0.05) is 0 Å². The van der Waals surface area contributed by atoms with Crippen LogP contribution in [0.4, 0.5) is 0 Å². The third-order valence-corrected chi connectivity index (χ3v) is 4.27. The van der Waals surface area contributed by atoms with Crippen molar-refractivity contribution in [1.82, 2.24) is 24.4 Å². The Morgan fingerprint density at radius 3 is 2.67 bits per heavy atom. The Morgan fingerprint density at radius 2 is 2.05 bits per heavy atom. The molecule has 1 saturated heterocycles. The maximum Gasteiger partial charge on any atom is 0.245 e. The highest BCUT2D eigenvalue weighted by Gasteiger charge is 2.26. The smallest absolute Gasteiger partial charge is 0.245 e. The summed E-state index contributed by atoms with van der Waals surface area (Å²) in [5.41, 5.74) is 1.51. The standard InChI is InChI=1S/C14H20ClN5O/c1-9(15)12-18-11-13(16-8-17-14(11)21-3)20(12)10-4-6-19(2)7-5-10/h8-10H,4-7H2,1-3H3. The van der Waals surface area contributed by atoms with E-state index >= 15 is 0 Å². The lowest BCUT2D eigenvalue weighted by Gasteiger charge is -2.31. The van der Waals surface area contributed by atoms with E-state index in [2.05, 4.69) is 31.5 Å². The van der Waals surface area contributed by atoms with Crippen LogP contribution in [0.5, 0.6) is 5.88 Å². The topological polar surface area (TPSA) is 56.1 Å². The van der Waals surface area contributed by atoms with Crippen LogP contribution in [-0.4, -0.2) is 51.7 Å². The molecule has 0 bridgehead atoms. The van der Waals surface area contributed by atoms with Crippen LogP contribution in [0.3, 0.4) is 0 Å². The van der Waals surface area contributed by atoms with Gasteiger partial charge in [-0.2, -0.15) is 4.98 Å². The summed E-state index contributed by atoms with van der Waals surface area (Å²) in [5.74, 6) is 1.35. The summed E-state index contributed by atoms with van der Waals surface area (Å²) in [4.78, 5) is 15.5. The summed E-state index contributed by atoms with van der Waals surface area (Å²) in [6.45, 7) is 4.08. The first kappa shape index (κ1) is 14.5. The minimum absolute atomic E-state index is 0.177. The van der Waals surface area contributed by atoms with E-state index in [0.717, 1.165) is 37.4 Å². The lowest BCUT2D eigenvalue weighted by atomic mass is 10.1. The Bertz CT molecular complexity index is 634. The van der Waals surface area contributed by atoms with Gasteiger partial charge < -0.3 is 14.2 Å². The Morgan fingerprint density at radius 1 is 1.33 bits per heavy atom. The molecule has 3 heterocycles. The van der Waals surface area contributed by atoms with E-state index in [1.54, 1.807) is 7.11 Å². The number of fused-ring (bicyclic) bond motifs is 1. The maximum atomic E-state index is 6.34. The largest absolute Gasteiger partial charge is 0.479 e. The first-order chi connectivity index (χ1) is 10.1. The molecule has 1 atom stereocenters. The first-order valence-electron chi connectivity index (χ1n) is 7.21. The second kappa shape index (κ2) is 5.77. The van der Waals surface area contributed by atoms with Gasteiger partial charge in [0, 0.05) is 6.04 Å². The van der Waals surface area contributed by atoms with Gasteiger partial charge in [-0.05, 0) is 39.9 Å². The molecule has 2 aromatic heterocycles. The van der Waals surface area contributed by atoms with E-state index in [9.17, 15) is 0 Å². The zero-order valence-electron chi connectivity index (χ0n) is 12.6. The summed E-state index contributed by atoms with van der Waals surface area (Å²) < 4.78 is 7.49. The first-order valence-corrected chi connectivity index (χ1v) is 7.65. The normalized spacial score (nSPS) is 19.0. The number of halogens is 1. The molecule has 0 N–H and O–H groups in total. The number of hydrogen-bond donors (Lipinski definition) is 0. The van der Waals surface area contributed by atoms with Crippen molar-refractivity contribution in [3.63, 3.8) is 0 Å². The zero-order chi connectivity index (χ0) is 15.0. The Labute approximate surface area is 129 Å². The Hall–Kier alpha value is -1.40. The molecule has 0 amide bonds. The number of nitrogens with zero attached hydrogens (tertiary/aromatic N) is 5. The minimum atomic E-state index is -0.177. The van der Waals surface area contributed by atoms with Gasteiger partial charge in [0.15, 0.2) is 11.2 Å². The molecule has 0 aromatic carbocycles. The van der Waals surface area contributed by atoms with Gasteiger partial charge in [-0.15, -0.1) is 11.6 Å². The molecule has 0 saturated carbocycles. The van der Waals surface area contributed by atoms with Crippen molar-refractivity contribution in [3.8, 4) is 5.88 Å². The summed E-state index contributed by atoms with van der Waals surface area (Å²) >= 11 is 6.34. The van der Waals surface area contributed by atoms with Crippen LogP contribution in [0, 0.1) is 0 Å². The van der Waals surface area contributed by atoms with E-state index in [1.807, 2.05) is 6.92 Å². The molecule has 1 aliphatic heterocycles. The molecular formula is C14H20ClN5O. The van der Waals surface area contributed by atoms with Gasteiger partial charge in [-0.3, -0.25) is 0 Å². The highest BCUT2D eigenvalue weighted by atomic mass is 35.5. The van der Waals surface area contributed by atoms with Crippen LogP contribution in [0.2, 0.25) is 0 Å². The number of methoxy groups -OCH3 is 1. The highest BCUT2D eigenvalue weighted by Crippen LogP contribution is 2.33. The van der Waals surface area contributed by atoms with Crippen LogP contribution in [0.25, 0.3) is 11.2 Å². The zero-order valence-corrected chi connectivity index (χ0v) is 13.3. The molecule has 114 valence electrons. The fourth-order valence-corrected chi connectivity index (χ4v) is 3.10. The van der Waals surface area contributed by atoms with Gasteiger partial charge in [0.05, 0.1) is 12.5 Å². The molecule has 1 aliphatic rings. The molecule has 2 aromatic rings. The summed E-state index contributed by atoms with van der Waals surface area (Å²) in [7, 11) is 3.75. The lowest BCUT2D eigenvalue weighted by molar-refractivity contribution is 0.221. The van der Waals surface area contributed by atoms with Crippen LogP contribution >= 0.6 is 11.6 Å². The molecule has 3 rings (SSSR count). The predicted molar refractivity (Wildman–Crippen MR) is 81.9 cm³/mol. The second-order valence-corrected chi connectivity index (χ2v) is 6.20. The highest BCUT2D eigenvalue weighted by molar-refractivity contribution is 6.20. The van der Waals surface area contributed by atoms with E-state index in [0.29, 0.717) is 17.4 Å². The Kier molecular flexibility index (Phi) is 3.99. The minimum Gasteiger partial charge on any atom is -0.479 e. The molecule has 1 unspecified atom stereocenters. The van der Waals surface area contributed by atoms with Crippen molar-refractivity contribution in [1.29, 1.82) is 0 Å². The number of rotatable bonds is 3. The van der Waals surface area contributed by atoms with E-state index in [1.165, 1.54) is 6.33 Å². The fourth-order valence-electron chi connectivity index (χ4n) is 2.95. The van der Waals surface area contributed by atoms with Gasteiger partial charge in [-0.25, -0.2) is 9.97 Å². The average Bonchev–Trinajstić information content (AvgIpc) is 2.87. The van der Waals surface area contributed by atoms with E-state index < -0.39 is 0 Å². The molecule has 0 aliphatic carbocycles. The predicted octanol–water partition coefficient (Wildman–Crippen LogP) is 2.40. The molecular weight excluding hydrogens is 290 g/mol. The van der Waals surface area contributed by atoms with Gasteiger partial charge in [0.25, 0.3) is 0 Å². The number of hydrogen-bond acceptors (Lipinski definition) is 5. The van der Waals surface area contributed by atoms with Gasteiger partial charge in [0.2, 0.25) is 5.88 Å². The lowest BCUT2D eigenvalue weighted by Crippen LogP contribution is -2.32. The molecule has 7 heteroatoms. The molecule has 1 fully saturated rings. The van der Waals surface area contributed by atoms with Crippen molar-refractivity contribution in [2.75, 3.05) is 27.2 Å². The number of likely N-dealkylation sites (tertiary alicyclic amines) is 1. The van der Waals surface area contributed by atoms with Crippen molar-refractivity contribution < 1.29 is 4.74 Å². The van der Waals surface area contributed by atoms with Crippen LogP contribution < -0.4 is 4.74 Å². The SMILES string of the molecule is COc1ncnc2c1nc(C(C)Cl)n2C1CCN(C)CC1. The molecule has 21 heavy (non-hydrogen) atoms. The number of piperidine rings is 1. The third-order valence-electron chi connectivity index (χ3n) is 4.07. The van der Waals surface area contributed by atoms with Crippen LogP contribution in [0.15, 0.2) is 6.33 Å². The van der Waals surface area contributed by atoms with E-state index in [4.69, 9.17) is 16.3 Å². The number of ether oxygens (including phenoxy) is 1. The number of alkyl halides is 1. The van der Waals surface area contributed by atoms with Crippen molar-refractivity contribution in [2.24, 2.45) is 0 Å². The quantitative estimate of drug-likeness (QED) is 0.815. The summed E-state index contributed by atoms with van der Waals surface area (Å²) in [5, 5.41) is -0.177. The molecule has 6 nitrogen and oxygen atoms in total. The van der Waals surface area contributed by atoms with Crippen LogP contribution in [0.1, 0.15) is 37.0 Å².